The number of fused-ring (bicyclic) bond motifs is 1. The van der Waals surface area contributed by atoms with Crippen molar-refractivity contribution in [3.63, 3.8) is 0 Å². The lowest BCUT2D eigenvalue weighted by Crippen LogP contribution is -2.38. The van der Waals surface area contributed by atoms with Gasteiger partial charge in [0.25, 0.3) is 0 Å². The van der Waals surface area contributed by atoms with Crippen LogP contribution in [0.5, 0.6) is 0 Å². The fourth-order valence-corrected chi connectivity index (χ4v) is 5.01. The number of thioether (sulfide) groups is 1. The molecule has 0 bridgehead atoms. The number of amides is 1. The van der Waals surface area contributed by atoms with E-state index in [0.717, 1.165) is 0 Å². The molecule has 0 spiro atoms. The SMILES string of the molecule is COC(=O)C1=C(C)N=C2SC=C(CC(=O)NCc3cccc(F)c3)N2[C@@H]1c1ccccc1Cl. The van der Waals surface area contributed by atoms with Gasteiger partial charge in [0.1, 0.15) is 5.82 Å². The topological polar surface area (TPSA) is 71.0 Å². The molecule has 2 aliphatic heterocycles. The zero-order valence-corrected chi connectivity index (χ0v) is 19.5. The molecule has 1 atom stereocenters. The molecule has 0 saturated heterocycles. The van der Waals surface area contributed by atoms with Crippen molar-refractivity contribution in [1.29, 1.82) is 0 Å². The number of carbonyl (C=O) groups is 2. The maximum atomic E-state index is 13.4. The molecule has 2 aliphatic rings. The first kappa shape index (κ1) is 23.1. The van der Waals surface area contributed by atoms with Crippen molar-refractivity contribution in [1.82, 2.24) is 10.2 Å². The third-order valence-electron chi connectivity index (χ3n) is 5.33. The second-order valence-electron chi connectivity index (χ2n) is 7.49. The summed E-state index contributed by atoms with van der Waals surface area (Å²) in [6.45, 7) is 1.96. The molecule has 0 aromatic heterocycles. The molecule has 0 unspecified atom stereocenters. The summed E-state index contributed by atoms with van der Waals surface area (Å²) in [5.41, 5.74) is 2.95. The van der Waals surface area contributed by atoms with Crippen LogP contribution in [0.4, 0.5) is 4.39 Å². The highest BCUT2D eigenvalue weighted by Crippen LogP contribution is 2.46. The van der Waals surface area contributed by atoms with Crippen molar-refractivity contribution in [3.8, 4) is 0 Å². The van der Waals surface area contributed by atoms with E-state index in [1.807, 2.05) is 28.5 Å². The average Bonchev–Trinajstić information content (AvgIpc) is 3.18. The van der Waals surface area contributed by atoms with Crippen molar-refractivity contribution < 1.29 is 18.7 Å². The molecule has 1 N–H and O–H groups in total. The highest BCUT2D eigenvalue weighted by atomic mass is 35.5. The third kappa shape index (κ3) is 4.82. The van der Waals surface area contributed by atoms with Gasteiger partial charge in [0.15, 0.2) is 5.17 Å². The van der Waals surface area contributed by atoms with Gasteiger partial charge in [0.2, 0.25) is 5.91 Å². The number of benzene rings is 2. The number of hydrogen-bond acceptors (Lipinski definition) is 6. The number of nitrogens with one attached hydrogen (secondary N) is 1. The maximum Gasteiger partial charge on any atom is 0.338 e. The Morgan fingerprint density at radius 2 is 2.03 bits per heavy atom. The van der Waals surface area contributed by atoms with E-state index in [1.54, 1.807) is 25.1 Å². The molecule has 9 heteroatoms. The van der Waals surface area contributed by atoms with E-state index in [0.29, 0.717) is 38.3 Å². The predicted molar refractivity (Wildman–Crippen MR) is 127 cm³/mol. The van der Waals surface area contributed by atoms with Crippen molar-refractivity contribution in [2.75, 3.05) is 7.11 Å². The Hall–Kier alpha value is -3.10. The van der Waals surface area contributed by atoms with Gasteiger partial charge in [0, 0.05) is 17.3 Å². The fraction of sp³-hybridized carbons (Fsp3) is 0.208. The van der Waals surface area contributed by atoms with Crippen LogP contribution in [0.15, 0.2) is 75.9 Å². The van der Waals surface area contributed by atoms with Crippen LogP contribution >= 0.6 is 23.4 Å². The Morgan fingerprint density at radius 3 is 2.76 bits per heavy atom. The molecule has 0 saturated carbocycles. The van der Waals surface area contributed by atoms with E-state index in [9.17, 15) is 14.0 Å². The number of ether oxygens (including phenoxy) is 1. The van der Waals surface area contributed by atoms with Gasteiger partial charge in [-0.3, -0.25) is 4.79 Å². The number of aliphatic imine (C=N–C) groups is 1. The monoisotopic (exact) mass is 485 g/mol. The Morgan fingerprint density at radius 1 is 1.24 bits per heavy atom. The molecular weight excluding hydrogens is 465 g/mol. The Labute approximate surface area is 200 Å². The lowest BCUT2D eigenvalue weighted by molar-refractivity contribution is -0.136. The summed E-state index contributed by atoms with van der Waals surface area (Å²) in [6, 6.07) is 12.7. The summed E-state index contributed by atoms with van der Waals surface area (Å²) in [4.78, 5) is 31.9. The van der Waals surface area contributed by atoms with Crippen LogP contribution in [-0.2, 0) is 20.9 Å². The molecule has 0 fully saturated rings. The molecule has 4 rings (SSSR count). The first-order chi connectivity index (χ1) is 15.9. The summed E-state index contributed by atoms with van der Waals surface area (Å²) in [5, 5.41) is 5.80. The van der Waals surface area contributed by atoms with Gasteiger partial charge in [-0.05, 0) is 41.7 Å². The molecule has 0 aliphatic carbocycles. The number of nitrogens with zero attached hydrogens (tertiary/aromatic N) is 2. The van der Waals surface area contributed by atoms with Gasteiger partial charge >= 0.3 is 5.97 Å². The summed E-state index contributed by atoms with van der Waals surface area (Å²) >= 11 is 7.89. The van der Waals surface area contributed by atoms with Gasteiger partial charge in [-0.2, -0.15) is 0 Å². The number of halogens is 2. The second kappa shape index (κ2) is 9.80. The summed E-state index contributed by atoms with van der Waals surface area (Å²) in [5.74, 6) is -1.10. The Bertz CT molecular complexity index is 1210. The van der Waals surface area contributed by atoms with E-state index in [4.69, 9.17) is 16.3 Å². The standard InChI is InChI=1S/C24H21ClFN3O3S/c1-14-21(23(31)32-2)22(18-8-3-4-9-19(18)25)29-17(13-33-24(29)28-14)11-20(30)27-12-15-6-5-7-16(26)10-15/h3-10,13,22H,11-12H2,1-2H3,(H,27,30)/t22-/m1/s1. The van der Waals surface area contributed by atoms with Crippen molar-refractivity contribution in [2.24, 2.45) is 4.99 Å². The number of amidine groups is 1. The highest BCUT2D eigenvalue weighted by Gasteiger charge is 2.41. The van der Waals surface area contributed by atoms with Crippen LogP contribution < -0.4 is 5.32 Å². The first-order valence-electron chi connectivity index (χ1n) is 10.2. The minimum Gasteiger partial charge on any atom is -0.466 e. The van der Waals surface area contributed by atoms with Crippen molar-refractivity contribution in [3.05, 3.63) is 92.9 Å². The van der Waals surface area contributed by atoms with Crippen LogP contribution in [-0.4, -0.2) is 29.1 Å². The maximum absolute atomic E-state index is 13.4. The molecule has 2 heterocycles. The van der Waals surface area contributed by atoms with Gasteiger partial charge in [0.05, 0.1) is 30.8 Å². The number of esters is 1. The molecule has 170 valence electrons. The number of methoxy groups -OCH3 is 1. The quantitative estimate of drug-likeness (QED) is 0.587. The largest absolute Gasteiger partial charge is 0.466 e. The van der Waals surface area contributed by atoms with Crippen LogP contribution in [0, 0.1) is 5.82 Å². The number of allylic oxidation sites excluding steroid dienone is 1. The van der Waals surface area contributed by atoms with Crippen LogP contribution in [0.25, 0.3) is 0 Å². The summed E-state index contributed by atoms with van der Waals surface area (Å²) < 4.78 is 18.4. The van der Waals surface area contributed by atoms with Crippen molar-refractivity contribution in [2.45, 2.75) is 25.9 Å². The van der Waals surface area contributed by atoms with Crippen LogP contribution in [0.1, 0.15) is 30.5 Å². The van der Waals surface area contributed by atoms with E-state index in [1.165, 1.54) is 31.0 Å². The Kier molecular flexibility index (Phi) is 6.85. The molecule has 33 heavy (non-hydrogen) atoms. The molecular formula is C24H21ClFN3O3S. The zero-order valence-electron chi connectivity index (χ0n) is 18.0. The molecule has 2 aromatic rings. The number of hydrogen-bond donors (Lipinski definition) is 1. The summed E-state index contributed by atoms with van der Waals surface area (Å²) in [7, 11) is 1.32. The second-order valence-corrected chi connectivity index (χ2v) is 8.73. The average molecular weight is 486 g/mol. The molecule has 0 radical (unpaired) electrons. The smallest absolute Gasteiger partial charge is 0.338 e. The zero-order chi connectivity index (χ0) is 23.5. The lowest BCUT2D eigenvalue weighted by Gasteiger charge is -2.36. The molecule has 1 amide bonds. The van der Waals surface area contributed by atoms with E-state index in [-0.39, 0.29) is 24.7 Å². The minimum atomic E-state index is -0.587. The third-order valence-corrected chi connectivity index (χ3v) is 6.56. The minimum absolute atomic E-state index is 0.0514. The molecule has 6 nitrogen and oxygen atoms in total. The summed E-state index contributed by atoms with van der Waals surface area (Å²) in [6.07, 6.45) is 0.0514. The van der Waals surface area contributed by atoms with Crippen molar-refractivity contribution >= 4 is 40.4 Å². The van der Waals surface area contributed by atoms with Gasteiger partial charge in [-0.15, -0.1) is 0 Å². The number of carbonyl (C=O) groups excluding carboxylic acids is 2. The lowest BCUT2D eigenvalue weighted by atomic mass is 9.94. The van der Waals surface area contributed by atoms with E-state index >= 15 is 0 Å². The van der Waals surface area contributed by atoms with Gasteiger partial charge in [-0.25, -0.2) is 14.2 Å². The van der Waals surface area contributed by atoms with E-state index < -0.39 is 12.0 Å². The first-order valence-corrected chi connectivity index (χ1v) is 11.4. The predicted octanol–water partition coefficient (Wildman–Crippen LogP) is 4.93. The normalized spacial score (nSPS) is 17.3. The highest BCUT2D eigenvalue weighted by molar-refractivity contribution is 8.16. The van der Waals surface area contributed by atoms with Crippen LogP contribution in [0.2, 0.25) is 5.02 Å². The van der Waals surface area contributed by atoms with Gasteiger partial charge < -0.3 is 15.0 Å². The fourth-order valence-electron chi connectivity index (χ4n) is 3.81. The Balaban J connectivity index is 1.60. The number of rotatable bonds is 6. The van der Waals surface area contributed by atoms with E-state index in [2.05, 4.69) is 10.3 Å². The molecule has 2 aromatic carbocycles. The van der Waals surface area contributed by atoms with Gasteiger partial charge in [-0.1, -0.05) is 53.7 Å². The van der Waals surface area contributed by atoms with Crippen LogP contribution in [0.3, 0.4) is 0 Å².